The molecule has 0 aromatic rings. The van der Waals surface area contributed by atoms with Gasteiger partial charge in [0.1, 0.15) is 0 Å². The van der Waals surface area contributed by atoms with Crippen LogP contribution in [0.25, 0.3) is 0 Å². The number of carbonyl (C=O) groups is 1. The van der Waals surface area contributed by atoms with E-state index in [1.165, 1.54) is 0 Å². The van der Waals surface area contributed by atoms with Crippen molar-refractivity contribution in [2.24, 2.45) is 11.7 Å². The van der Waals surface area contributed by atoms with Crippen molar-refractivity contribution in [3.63, 3.8) is 0 Å². The van der Waals surface area contributed by atoms with Crippen LogP contribution in [0.3, 0.4) is 0 Å². The quantitative estimate of drug-likeness (QED) is 0.713. The van der Waals surface area contributed by atoms with Gasteiger partial charge < -0.3 is 15.4 Å². The molecule has 0 aromatic carbocycles. The van der Waals surface area contributed by atoms with Gasteiger partial charge in [0.2, 0.25) is 0 Å². The zero-order valence-corrected chi connectivity index (χ0v) is 10.4. The van der Waals surface area contributed by atoms with Gasteiger partial charge in [-0.2, -0.15) is 0 Å². The number of carbonyl (C=O) groups excluding carboxylic acids is 1. The lowest BCUT2D eigenvalue weighted by molar-refractivity contribution is -0.143. The molecule has 0 amide bonds. The van der Waals surface area contributed by atoms with Crippen LogP contribution in [-0.4, -0.2) is 43.2 Å². The Morgan fingerprint density at radius 1 is 1.44 bits per heavy atom. The van der Waals surface area contributed by atoms with Gasteiger partial charge in [0.15, 0.2) is 0 Å². The average molecular weight is 228 g/mol. The summed E-state index contributed by atoms with van der Waals surface area (Å²) in [6.45, 7) is 7.77. The van der Waals surface area contributed by atoms with Crippen molar-refractivity contribution in [1.29, 1.82) is 0 Å². The first-order chi connectivity index (χ1) is 7.67. The van der Waals surface area contributed by atoms with E-state index in [1.54, 1.807) is 0 Å². The minimum absolute atomic E-state index is 0.0296. The molecule has 1 saturated heterocycles. The lowest BCUT2D eigenvalue weighted by Gasteiger charge is -2.33. The van der Waals surface area contributed by atoms with Crippen LogP contribution in [0.1, 0.15) is 33.1 Å². The summed E-state index contributed by atoms with van der Waals surface area (Å²) >= 11 is 0. The maximum absolute atomic E-state index is 11.3. The fourth-order valence-electron chi connectivity index (χ4n) is 2.28. The van der Waals surface area contributed by atoms with Crippen LogP contribution in [0, 0.1) is 5.92 Å². The second-order valence-electron chi connectivity index (χ2n) is 4.44. The largest absolute Gasteiger partial charge is 0.466 e. The van der Waals surface area contributed by atoms with E-state index in [1.807, 2.05) is 6.92 Å². The lowest BCUT2D eigenvalue weighted by atomic mass is 9.88. The molecule has 0 aliphatic carbocycles. The van der Waals surface area contributed by atoms with Gasteiger partial charge in [0, 0.05) is 6.04 Å². The van der Waals surface area contributed by atoms with Gasteiger partial charge >= 0.3 is 5.97 Å². The van der Waals surface area contributed by atoms with E-state index in [-0.39, 0.29) is 12.0 Å². The molecular formula is C12H24N2O2. The number of likely N-dealkylation sites (tertiary alicyclic amines) is 1. The van der Waals surface area contributed by atoms with Crippen molar-refractivity contribution in [1.82, 2.24) is 4.90 Å². The summed E-state index contributed by atoms with van der Waals surface area (Å²) in [6, 6.07) is -0.0296. The monoisotopic (exact) mass is 228 g/mol. The first-order valence-corrected chi connectivity index (χ1v) is 6.30. The van der Waals surface area contributed by atoms with E-state index in [9.17, 15) is 4.79 Å². The molecule has 0 radical (unpaired) electrons. The van der Waals surface area contributed by atoms with Gasteiger partial charge in [-0.3, -0.25) is 4.79 Å². The Bertz CT molecular complexity index is 213. The molecule has 16 heavy (non-hydrogen) atoms. The van der Waals surface area contributed by atoms with Crippen LogP contribution in [0.5, 0.6) is 0 Å². The molecular weight excluding hydrogens is 204 g/mol. The van der Waals surface area contributed by atoms with E-state index in [4.69, 9.17) is 10.5 Å². The van der Waals surface area contributed by atoms with Crippen LogP contribution in [0.4, 0.5) is 0 Å². The second-order valence-corrected chi connectivity index (χ2v) is 4.44. The van der Waals surface area contributed by atoms with Crippen LogP contribution in [0.15, 0.2) is 0 Å². The molecule has 1 unspecified atom stereocenters. The number of hydrogen-bond acceptors (Lipinski definition) is 4. The summed E-state index contributed by atoms with van der Waals surface area (Å²) in [5, 5.41) is 0. The number of nitrogens with zero attached hydrogens (tertiary/aromatic N) is 1. The SMILES string of the molecule is CCOC(=O)CC(N)C1CCN(CC)CC1. The molecule has 2 N–H and O–H groups in total. The molecule has 4 heteroatoms. The van der Waals surface area contributed by atoms with Gasteiger partial charge in [-0.25, -0.2) is 0 Å². The minimum atomic E-state index is -0.159. The topological polar surface area (TPSA) is 55.6 Å². The maximum atomic E-state index is 11.3. The molecule has 0 saturated carbocycles. The van der Waals surface area contributed by atoms with E-state index < -0.39 is 0 Å². The zero-order valence-electron chi connectivity index (χ0n) is 10.4. The predicted octanol–water partition coefficient (Wildman–Crippen LogP) is 0.999. The minimum Gasteiger partial charge on any atom is -0.466 e. The molecule has 1 aliphatic rings. The smallest absolute Gasteiger partial charge is 0.307 e. The van der Waals surface area contributed by atoms with Crippen molar-refractivity contribution in [3.05, 3.63) is 0 Å². The summed E-state index contributed by atoms with van der Waals surface area (Å²) in [5.41, 5.74) is 6.05. The third kappa shape index (κ3) is 4.10. The van der Waals surface area contributed by atoms with E-state index in [0.29, 0.717) is 18.9 Å². The summed E-state index contributed by atoms with van der Waals surface area (Å²) < 4.78 is 4.92. The molecule has 1 fully saturated rings. The van der Waals surface area contributed by atoms with Crippen LogP contribution in [-0.2, 0) is 9.53 Å². The number of nitrogens with two attached hydrogens (primary N) is 1. The third-order valence-electron chi connectivity index (χ3n) is 3.39. The molecule has 4 nitrogen and oxygen atoms in total. The first kappa shape index (κ1) is 13.5. The maximum Gasteiger partial charge on any atom is 0.307 e. The standard InChI is InChI=1S/C12H24N2O2/c1-3-14-7-5-10(6-8-14)11(13)9-12(15)16-4-2/h10-11H,3-9,13H2,1-2H3. The number of hydrogen-bond donors (Lipinski definition) is 1. The molecule has 0 bridgehead atoms. The summed E-state index contributed by atoms with van der Waals surface area (Å²) in [6.07, 6.45) is 2.58. The lowest BCUT2D eigenvalue weighted by Crippen LogP contribution is -2.41. The van der Waals surface area contributed by atoms with Crippen molar-refractivity contribution in [2.45, 2.75) is 39.2 Å². The highest BCUT2D eigenvalue weighted by molar-refractivity contribution is 5.70. The summed E-state index contributed by atoms with van der Waals surface area (Å²) in [7, 11) is 0. The van der Waals surface area contributed by atoms with Crippen LogP contribution in [0.2, 0.25) is 0 Å². The van der Waals surface area contributed by atoms with Crippen LogP contribution < -0.4 is 5.73 Å². The van der Waals surface area contributed by atoms with Gasteiger partial charge in [-0.1, -0.05) is 6.92 Å². The fourth-order valence-corrected chi connectivity index (χ4v) is 2.28. The highest BCUT2D eigenvalue weighted by Gasteiger charge is 2.25. The van der Waals surface area contributed by atoms with Crippen molar-refractivity contribution in [2.75, 3.05) is 26.2 Å². The molecule has 0 spiro atoms. The van der Waals surface area contributed by atoms with Gasteiger partial charge in [0.05, 0.1) is 13.0 Å². The Balaban J connectivity index is 2.27. The molecule has 0 aromatic heterocycles. The predicted molar refractivity (Wildman–Crippen MR) is 64.1 cm³/mol. The fraction of sp³-hybridized carbons (Fsp3) is 0.917. The van der Waals surface area contributed by atoms with Crippen molar-refractivity contribution >= 4 is 5.97 Å². The van der Waals surface area contributed by atoms with Crippen molar-refractivity contribution < 1.29 is 9.53 Å². The number of piperidine rings is 1. The molecule has 1 aliphatic heterocycles. The normalized spacial score (nSPS) is 20.7. The van der Waals surface area contributed by atoms with Crippen LogP contribution >= 0.6 is 0 Å². The Labute approximate surface area is 98.1 Å². The molecule has 1 heterocycles. The van der Waals surface area contributed by atoms with Gasteiger partial charge in [-0.15, -0.1) is 0 Å². The second kappa shape index (κ2) is 6.86. The number of esters is 1. The molecule has 1 rings (SSSR count). The van der Waals surface area contributed by atoms with Gasteiger partial charge in [0.25, 0.3) is 0 Å². The average Bonchev–Trinajstić information content (AvgIpc) is 2.29. The summed E-state index contributed by atoms with van der Waals surface area (Å²) in [4.78, 5) is 13.7. The highest BCUT2D eigenvalue weighted by atomic mass is 16.5. The molecule has 94 valence electrons. The first-order valence-electron chi connectivity index (χ1n) is 6.30. The zero-order chi connectivity index (χ0) is 12.0. The number of ether oxygens (including phenoxy) is 1. The Morgan fingerprint density at radius 2 is 2.06 bits per heavy atom. The Morgan fingerprint density at radius 3 is 2.56 bits per heavy atom. The Kier molecular flexibility index (Phi) is 5.77. The number of rotatable bonds is 5. The third-order valence-corrected chi connectivity index (χ3v) is 3.39. The van der Waals surface area contributed by atoms with E-state index in [0.717, 1.165) is 32.5 Å². The van der Waals surface area contributed by atoms with E-state index in [2.05, 4.69) is 11.8 Å². The summed E-state index contributed by atoms with van der Waals surface area (Å²) in [5.74, 6) is 0.320. The highest BCUT2D eigenvalue weighted by Crippen LogP contribution is 2.21. The van der Waals surface area contributed by atoms with E-state index >= 15 is 0 Å². The Hall–Kier alpha value is -0.610. The van der Waals surface area contributed by atoms with Crippen molar-refractivity contribution in [3.8, 4) is 0 Å². The molecule has 1 atom stereocenters. The van der Waals surface area contributed by atoms with Gasteiger partial charge in [-0.05, 0) is 45.3 Å².